The average Bonchev–Trinajstić information content (AvgIpc) is 3.00. The van der Waals surface area contributed by atoms with E-state index < -0.39 is 0 Å². The summed E-state index contributed by atoms with van der Waals surface area (Å²) >= 11 is 0. The summed E-state index contributed by atoms with van der Waals surface area (Å²) in [6.45, 7) is 3.66. The highest BCUT2D eigenvalue weighted by Gasteiger charge is 2.23. The Hall–Kier alpha value is -1.24. The molecule has 0 N–H and O–H groups in total. The van der Waals surface area contributed by atoms with Crippen molar-refractivity contribution < 1.29 is 4.74 Å². The Morgan fingerprint density at radius 2 is 2.23 bits per heavy atom. The average molecular weight is 173 g/mol. The fourth-order valence-electron chi connectivity index (χ4n) is 1.53. The molecule has 1 nitrogen and oxygen atoms in total. The Kier molecular flexibility index (Phi) is 2.09. The van der Waals surface area contributed by atoms with Gasteiger partial charge >= 0.3 is 0 Å². The molecule has 1 heteroatoms. The number of methoxy groups -OCH3 is 1. The molecule has 1 aromatic carbocycles. The van der Waals surface area contributed by atoms with Gasteiger partial charge in [0.15, 0.2) is 0 Å². The first-order chi connectivity index (χ1) is 6.35. The first kappa shape index (κ1) is 8.36. The quantitative estimate of drug-likeness (QED) is 0.683. The van der Waals surface area contributed by atoms with Gasteiger partial charge in [-0.05, 0) is 42.5 Å². The van der Waals surface area contributed by atoms with Crippen LogP contribution in [0.1, 0.15) is 29.9 Å². The van der Waals surface area contributed by atoms with Crippen LogP contribution in [0, 0.1) is 6.08 Å². The van der Waals surface area contributed by atoms with Crippen LogP contribution in [-0.2, 0) is 0 Å². The summed E-state index contributed by atoms with van der Waals surface area (Å²) in [7, 11) is 1.67. The van der Waals surface area contributed by atoms with Gasteiger partial charge in [-0.15, -0.1) is 0 Å². The molecule has 0 heterocycles. The number of rotatable bonds is 3. The predicted octanol–water partition coefficient (Wildman–Crippen LogP) is 2.91. The van der Waals surface area contributed by atoms with Crippen LogP contribution in [0.3, 0.4) is 0 Å². The third kappa shape index (κ3) is 1.59. The van der Waals surface area contributed by atoms with E-state index in [0.717, 1.165) is 17.2 Å². The lowest BCUT2D eigenvalue weighted by molar-refractivity contribution is 0.412. The first-order valence-electron chi connectivity index (χ1n) is 4.56. The Bertz CT molecular complexity index is 324. The van der Waals surface area contributed by atoms with E-state index in [4.69, 9.17) is 4.74 Å². The van der Waals surface area contributed by atoms with Crippen LogP contribution in [0.2, 0.25) is 0 Å². The molecule has 0 unspecified atom stereocenters. The lowest BCUT2D eigenvalue weighted by Gasteiger charge is -2.06. The molecule has 67 valence electrons. The highest BCUT2D eigenvalue weighted by Crippen LogP contribution is 2.41. The molecule has 0 aliphatic heterocycles. The van der Waals surface area contributed by atoms with Gasteiger partial charge in [0.1, 0.15) is 5.75 Å². The SMILES string of the molecule is C=[C]c1cc(C2CC2)ccc1OC. The standard InChI is InChI=1S/C12H13O/c1-3-9-8-11(10-4-5-10)6-7-12(9)13-2/h6-8,10H,1,4-5H2,2H3. The molecule has 0 atom stereocenters. The Labute approximate surface area is 79.0 Å². The molecular formula is C12H13O. The van der Waals surface area contributed by atoms with E-state index in [1.807, 2.05) is 6.07 Å². The van der Waals surface area contributed by atoms with Crippen molar-refractivity contribution in [3.05, 3.63) is 42.0 Å². The summed E-state index contributed by atoms with van der Waals surface area (Å²) in [5.41, 5.74) is 2.37. The highest BCUT2D eigenvalue weighted by atomic mass is 16.5. The molecule has 1 saturated carbocycles. The van der Waals surface area contributed by atoms with Gasteiger partial charge in [0, 0.05) is 5.56 Å². The fourth-order valence-corrected chi connectivity index (χ4v) is 1.53. The Morgan fingerprint density at radius 1 is 1.46 bits per heavy atom. The highest BCUT2D eigenvalue weighted by molar-refractivity contribution is 5.42. The van der Waals surface area contributed by atoms with Gasteiger partial charge in [0.25, 0.3) is 0 Å². The van der Waals surface area contributed by atoms with Crippen molar-refractivity contribution in [3.8, 4) is 5.75 Å². The maximum absolute atomic E-state index is 5.19. The molecule has 0 spiro atoms. The molecule has 1 aliphatic carbocycles. The van der Waals surface area contributed by atoms with E-state index in [0.29, 0.717) is 0 Å². The lowest BCUT2D eigenvalue weighted by atomic mass is 10.1. The van der Waals surface area contributed by atoms with E-state index >= 15 is 0 Å². The monoisotopic (exact) mass is 173 g/mol. The summed E-state index contributed by atoms with van der Waals surface area (Å²) in [5.74, 6) is 1.64. The minimum Gasteiger partial charge on any atom is -0.496 e. The first-order valence-corrected chi connectivity index (χ1v) is 4.56. The zero-order valence-electron chi connectivity index (χ0n) is 7.84. The topological polar surface area (TPSA) is 9.23 Å². The number of ether oxygens (including phenoxy) is 1. The summed E-state index contributed by atoms with van der Waals surface area (Å²) < 4.78 is 5.19. The maximum atomic E-state index is 5.19. The van der Waals surface area contributed by atoms with Crippen LogP contribution < -0.4 is 4.74 Å². The summed E-state index contributed by atoms with van der Waals surface area (Å²) in [5, 5.41) is 0. The molecule has 1 aliphatic rings. The second kappa shape index (κ2) is 3.25. The summed E-state index contributed by atoms with van der Waals surface area (Å²) in [4.78, 5) is 0. The zero-order valence-corrected chi connectivity index (χ0v) is 7.84. The van der Waals surface area contributed by atoms with Crippen molar-refractivity contribution in [1.29, 1.82) is 0 Å². The van der Waals surface area contributed by atoms with Gasteiger partial charge in [0.05, 0.1) is 7.11 Å². The van der Waals surface area contributed by atoms with Gasteiger partial charge in [-0.3, -0.25) is 0 Å². The molecule has 2 rings (SSSR count). The normalized spacial score (nSPS) is 15.5. The molecule has 0 aromatic heterocycles. The minimum atomic E-state index is 0.776. The van der Waals surface area contributed by atoms with Gasteiger partial charge in [-0.2, -0.15) is 0 Å². The third-order valence-corrected chi connectivity index (χ3v) is 2.46. The smallest absolute Gasteiger partial charge is 0.126 e. The molecule has 1 aromatic rings. The second-order valence-electron chi connectivity index (χ2n) is 3.41. The predicted molar refractivity (Wildman–Crippen MR) is 52.9 cm³/mol. The van der Waals surface area contributed by atoms with Crippen LogP contribution in [0.25, 0.3) is 0 Å². The number of benzene rings is 1. The van der Waals surface area contributed by atoms with Crippen LogP contribution in [0.15, 0.2) is 24.8 Å². The second-order valence-corrected chi connectivity index (χ2v) is 3.41. The summed E-state index contributed by atoms with van der Waals surface area (Å²) in [6, 6.07) is 6.27. The van der Waals surface area contributed by atoms with E-state index in [2.05, 4.69) is 24.8 Å². The number of hydrogen-bond donors (Lipinski definition) is 0. The molecular weight excluding hydrogens is 160 g/mol. The Morgan fingerprint density at radius 3 is 2.77 bits per heavy atom. The van der Waals surface area contributed by atoms with Crippen LogP contribution in [-0.4, -0.2) is 7.11 Å². The van der Waals surface area contributed by atoms with Gasteiger partial charge < -0.3 is 4.74 Å². The van der Waals surface area contributed by atoms with Crippen LogP contribution in [0.4, 0.5) is 0 Å². The van der Waals surface area contributed by atoms with Crippen molar-refractivity contribution in [2.75, 3.05) is 7.11 Å². The third-order valence-electron chi connectivity index (χ3n) is 2.46. The Balaban J connectivity index is 2.36. The molecule has 0 amide bonds. The van der Waals surface area contributed by atoms with Crippen LogP contribution >= 0.6 is 0 Å². The molecule has 0 bridgehead atoms. The van der Waals surface area contributed by atoms with Crippen molar-refractivity contribution in [2.24, 2.45) is 0 Å². The van der Waals surface area contributed by atoms with E-state index in [1.165, 1.54) is 18.4 Å². The summed E-state index contributed by atoms with van der Waals surface area (Å²) in [6.07, 6.45) is 5.54. The van der Waals surface area contributed by atoms with E-state index in [-0.39, 0.29) is 0 Å². The maximum Gasteiger partial charge on any atom is 0.126 e. The van der Waals surface area contributed by atoms with Gasteiger partial charge in [-0.25, -0.2) is 0 Å². The van der Waals surface area contributed by atoms with E-state index in [1.54, 1.807) is 7.11 Å². The molecule has 0 saturated heterocycles. The van der Waals surface area contributed by atoms with Crippen molar-refractivity contribution in [3.63, 3.8) is 0 Å². The zero-order chi connectivity index (χ0) is 9.26. The minimum absolute atomic E-state index is 0.776. The fraction of sp³-hybridized carbons (Fsp3) is 0.333. The van der Waals surface area contributed by atoms with Crippen molar-refractivity contribution in [2.45, 2.75) is 18.8 Å². The molecule has 1 radical (unpaired) electrons. The largest absolute Gasteiger partial charge is 0.496 e. The lowest BCUT2D eigenvalue weighted by Crippen LogP contribution is -1.89. The van der Waals surface area contributed by atoms with Gasteiger partial charge in [-0.1, -0.05) is 12.6 Å². The van der Waals surface area contributed by atoms with Crippen molar-refractivity contribution >= 4 is 0 Å². The molecule has 1 fully saturated rings. The van der Waals surface area contributed by atoms with Crippen molar-refractivity contribution in [1.82, 2.24) is 0 Å². The van der Waals surface area contributed by atoms with Crippen LogP contribution in [0.5, 0.6) is 5.75 Å². The number of hydrogen-bond acceptors (Lipinski definition) is 1. The van der Waals surface area contributed by atoms with E-state index in [9.17, 15) is 0 Å². The molecule has 13 heavy (non-hydrogen) atoms. The van der Waals surface area contributed by atoms with Gasteiger partial charge in [0.2, 0.25) is 0 Å².